The van der Waals surface area contributed by atoms with E-state index in [1.165, 1.54) is 0 Å². The topological polar surface area (TPSA) is 61.8 Å². The molecular formula is C11H24N2O3. The second-order valence-electron chi connectivity index (χ2n) is 5.12. The molecule has 96 valence electrons. The van der Waals surface area contributed by atoms with Crippen LogP contribution in [0.5, 0.6) is 0 Å². The average Bonchev–Trinajstić information content (AvgIpc) is 1.98. The van der Waals surface area contributed by atoms with Crippen molar-refractivity contribution >= 4 is 6.09 Å². The monoisotopic (exact) mass is 232 g/mol. The minimum Gasteiger partial charge on any atom is -0.444 e. The Bertz CT molecular complexity index is 212. The second kappa shape index (κ2) is 6.70. The summed E-state index contributed by atoms with van der Waals surface area (Å²) in [5.41, 5.74) is -0.494. The molecule has 0 aromatic rings. The number of likely N-dealkylation sites (N-methyl/N-ethyl adjacent to an activating group) is 1. The van der Waals surface area contributed by atoms with Crippen LogP contribution in [-0.2, 0) is 4.74 Å². The van der Waals surface area contributed by atoms with Gasteiger partial charge in [0, 0.05) is 19.2 Å². The van der Waals surface area contributed by atoms with Crippen LogP contribution < -0.4 is 5.32 Å². The molecule has 0 saturated heterocycles. The summed E-state index contributed by atoms with van der Waals surface area (Å²) < 4.78 is 5.15. The Balaban J connectivity index is 4.12. The number of nitrogens with zero attached hydrogens (tertiary/aromatic N) is 1. The van der Waals surface area contributed by atoms with E-state index >= 15 is 0 Å². The lowest BCUT2D eigenvalue weighted by Gasteiger charge is -2.25. The molecule has 16 heavy (non-hydrogen) atoms. The third-order valence-corrected chi connectivity index (χ3v) is 1.78. The number of hydrogen-bond acceptors (Lipinski definition) is 4. The molecule has 1 unspecified atom stereocenters. The molecule has 0 rings (SSSR count). The smallest absolute Gasteiger partial charge is 0.407 e. The van der Waals surface area contributed by atoms with Crippen LogP contribution in [0.3, 0.4) is 0 Å². The number of hydrogen-bond donors (Lipinski definition) is 2. The van der Waals surface area contributed by atoms with E-state index in [4.69, 9.17) is 9.84 Å². The summed E-state index contributed by atoms with van der Waals surface area (Å²) in [6.07, 6.45) is 0.0880. The number of amides is 1. The van der Waals surface area contributed by atoms with E-state index in [0.717, 1.165) is 0 Å². The van der Waals surface area contributed by atoms with Crippen molar-refractivity contribution in [1.82, 2.24) is 10.2 Å². The number of alkyl carbamates (subject to hydrolysis) is 1. The number of carbonyl (C=O) groups is 1. The number of rotatable bonds is 5. The first-order valence-corrected chi connectivity index (χ1v) is 5.49. The number of carbonyl (C=O) groups excluding carboxylic acids is 1. The van der Waals surface area contributed by atoms with Crippen molar-refractivity contribution in [3.05, 3.63) is 0 Å². The standard InChI is InChI=1S/C11H24N2O3/c1-11(2,3)16-10(15)12-9(6-7-14)8-13(4)5/h9,14H,6-8H2,1-5H3,(H,12,15). The van der Waals surface area contributed by atoms with Gasteiger partial charge in [0.25, 0.3) is 0 Å². The Hall–Kier alpha value is -0.810. The first-order valence-electron chi connectivity index (χ1n) is 5.49. The van der Waals surface area contributed by atoms with E-state index in [9.17, 15) is 4.79 Å². The van der Waals surface area contributed by atoms with Crippen molar-refractivity contribution in [2.24, 2.45) is 0 Å². The third kappa shape index (κ3) is 8.49. The van der Waals surface area contributed by atoms with Gasteiger partial charge in [0.2, 0.25) is 0 Å². The zero-order valence-corrected chi connectivity index (χ0v) is 10.9. The van der Waals surface area contributed by atoms with Crippen molar-refractivity contribution in [2.45, 2.75) is 38.8 Å². The van der Waals surface area contributed by atoms with Crippen molar-refractivity contribution < 1.29 is 14.6 Å². The molecule has 0 heterocycles. The van der Waals surface area contributed by atoms with Gasteiger partial charge in [-0.15, -0.1) is 0 Å². The highest BCUT2D eigenvalue weighted by molar-refractivity contribution is 5.68. The van der Waals surface area contributed by atoms with E-state index in [1.807, 2.05) is 39.8 Å². The highest BCUT2D eigenvalue weighted by Crippen LogP contribution is 2.07. The van der Waals surface area contributed by atoms with Gasteiger partial charge in [-0.25, -0.2) is 4.79 Å². The lowest BCUT2D eigenvalue weighted by Crippen LogP contribution is -2.44. The Morgan fingerprint density at radius 1 is 1.44 bits per heavy atom. The van der Waals surface area contributed by atoms with Gasteiger partial charge in [0.05, 0.1) is 0 Å². The minimum atomic E-state index is -0.494. The number of ether oxygens (including phenoxy) is 1. The highest BCUT2D eigenvalue weighted by Gasteiger charge is 2.19. The van der Waals surface area contributed by atoms with E-state index in [0.29, 0.717) is 13.0 Å². The van der Waals surface area contributed by atoms with Crippen molar-refractivity contribution in [3.63, 3.8) is 0 Å². The summed E-state index contributed by atoms with van der Waals surface area (Å²) in [5.74, 6) is 0. The van der Waals surface area contributed by atoms with Gasteiger partial charge in [0.1, 0.15) is 5.60 Å². The lowest BCUT2D eigenvalue weighted by atomic mass is 10.2. The summed E-state index contributed by atoms with van der Waals surface area (Å²) in [4.78, 5) is 13.4. The first-order chi connectivity index (χ1) is 7.24. The van der Waals surface area contributed by atoms with Crippen LogP contribution in [0.15, 0.2) is 0 Å². The Morgan fingerprint density at radius 3 is 2.38 bits per heavy atom. The van der Waals surface area contributed by atoms with Gasteiger partial charge in [-0.2, -0.15) is 0 Å². The molecule has 0 aromatic heterocycles. The molecular weight excluding hydrogens is 208 g/mol. The molecule has 0 saturated carbocycles. The molecule has 0 spiro atoms. The normalized spacial score (nSPS) is 13.7. The van der Waals surface area contributed by atoms with Crippen molar-refractivity contribution in [1.29, 1.82) is 0 Å². The Morgan fingerprint density at radius 2 is 2.00 bits per heavy atom. The van der Waals surface area contributed by atoms with Gasteiger partial charge in [-0.3, -0.25) is 0 Å². The van der Waals surface area contributed by atoms with Gasteiger partial charge in [-0.05, 0) is 41.3 Å². The molecule has 0 aliphatic carbocycles. The number of nitrogens with one attached hydrogen (secondary N) is 1. The Labute approximate surface area is 97.8 Å². The van der Waals surface area contributed by atoms with E-state index in [-0.39, 0.29) is 12.6 Å². The fourth-order valence-electron chi connectivity index (χ4n) is 1.28. The summed E-state index contributed by atoms with van der Waals surface area (Å²) in [6, 6.07) is -0.0881. The van der Waals surface area contributed by atoms with Crippen molar-refractivity contribution in [2.75, 3.05) is 27.2 Å². The molecule has 0 bridgehead atoms. The molecule has 1 atom stereocenters. The van der Waals surface area contributed by atoms with Gasteiger partial charge in [-0.1, -0.05) is 0 Å². The van der Waals surface area contributed by atoms with E-state index in [1.54, 1.807) is 0 Å². The molecule has 0 fully saturated rings. The van der Waals surface area contributed by atoms with Crippen LogP contribution in [0.2, 0.25) is 0 Å². The quantitative estimate of drug-likeness (QED) is 0.737. The van der Waals surface area contributed by atoms with Crippen LogP contribution in [0.4, 0.5) is 4.79 Å². The maximum Gasteiger partial charge on any atom is 0.407 e. The van der Waals surface area contributed by atoms with Crippen LogP contribution in [-0.4, -0.2) is 55.0 Å². The molecule has 1 amide bonds. The van der Waals surface area contributed by atoms with Crippen LogP contribution >= 0.6 is 0 Å². The Kier molecular flexibility index (Phi) is 6.36. The van der Waals surface area contributed by atoms with Gasteiger partial charge < -0.3 is 20.1 Å². The zero-order valence-electron chi connectivity index (χ0n) is 10.9. The number of aliphatic hydroxyl groups is 1. The van der Waals surface area contributed by atoms with Gasteiger partial charge in [0.15, 0.2) is 0 Å². The predicted octanol–water partition coefficient (Wildman–Crippen LogP) is 0.824. The average molecular weight is 232 g/mol. The summed E-state index contributed by atoms with van der Waals surface area (Å²) in [5, 5.41) is 11.6. The fraction of sp³-hybridized carbons (Fsp3) is 0.909. The summed E-state index contributed by atoms with van der Waals surface area (Å²) >= 11 is 0. The van der Waals surface area contributed by atoms with E-state index < -0.39 is 11.7 Å². The fourth-order valence-corrected chi connectivity index (χ4v) is 1.28. The number of aliphatic hydroxyl groups excluding tert-OH is 1. The van der Waals surface area contributed by atoms with E-state index in [2.05, 4.69) is 5.32 Å². The first kappa shape index (κ1) is 15.2. The lowest BCUT2D eigenvalue weighted by molar-refractivity contribution is 0.0489. The molecule has 5 heteroatoms. The molecule has 0 aliphatic rings. The second-order valence-corrected chi connectivity index (χ2v) is 5.12. The zero-order chi connectivity index (χ0) is 12.8. The molecule has 0 aliphatic heterocycles. The maximum atomic E-state index is 11.5. The summed E-state index contributed by atoms with van der Waals surface area (Å²) in [6.45, 7) is 6.19. The largest absolute Gasteiger partial charge is 0.444 e. The minimum absolute atomic E-state index is 0.0499. The molecule has 0 radical (unpaired) electrons. The van der Waals surface area contributed by atoms with Gasteiger partial charge >= 0.3 is 6.09 Å². The summed E-state index contributed by atoms with van der Waals surface area (Å²) in [7, 11) is 3.84. The maximum absolute atomic E-state index is 11.5. The SMILES string of the molecule is CN(C)CC(CCO)NC(=O)OC(C)(C)C. The van der Waals surface area contributed by atoms with Crippen molar-refractivity contribution in [3.8, 4) is 0 Å². The third-order valence-electron chi connectivity index (χ3n) is 1.78. The van der Waals surface area contributed by atoms with Crippen LogP contribution in [0.1, 0.15) is 27.2 Å². The highest BCUT2D eigenvalue weighted by atomic mass is 16.6. The van der Waals surface area contributed by atoms with Crippen LogP contribution in [0, 0.1) is 0 Å². The molecule has 5 nitrogen and oxygen atoms in total. The predicted molar refractivity (Wildman–Crippen MR) is 63.4 cm³/mol. The molecule has 0 aromatic carbocycles. The van der Waals surface area contributed by atoms with Crippen LogP contribution in [0.25, 0.3) is 0 Å². The molecule has 2 N–H and O–H groups in total.